The van der Waals surface area contributed by atoms with Gasteiger partial charge in [-0.05, 0) is 30.3 Å². The molecule has 0 aliphatic heterocycles. The second-order valence-electron chi connectivity index (χ2n) is 5.32. The van der Waals surface area contributed by atoms with Crippen molar-refractivity contribution in [1.29, 1.82) is 0 Å². The third-order valence-electron chi connectivity index (χ3n) is 3.52. The second kappa shape index (κ2) is 9.87. The molecule has 2 rings (SSSR count). The number of carbonyl (C=O) groups is 1. The van der Waals surface area contributed by atoms with Crippen molar-refractivity contribution in [2.75, 3.05) is 32.1 Å². The average molecular weight is 359 g/mol. The Labute approximate surface area is 151 Å². The number of methoxy groups -OCH3 is 1. The molecular weight excluding hydrogens is 338 g/mol. The zero-order valence-corrected chi connectivity index (χ0v) is 14.4. The molecule has 0 radical (unpaired) electrons. The van der Waals surface area contributed by atoms with Crippen molar-refractivity contribution in [1.82, 2.24) is 5.32 Å². The van der Waals surface area contributed by atoms with E-state index in [0.29, 0.717) is 31.1 Å². The van der Waals surface area contributed by atoms with Crippen molar-refractivity contribution in [3.63, 3.8) is 0 Å². The summed E-state index contributed by atoms with van der Waals surface area (Å²) in [4.78, 5) is 22.2. The van der Waals surface area contributed by atoms with Crippen molar-refractivity contribution in [3.8, 4) is 11.5 Å². The van der Waals surface area contributed by atoms with Gasteiger partial charge in [-0.2, -0.15) is 0 Å². The Morgan fingerprint density at radius 1 is 1.08 bits per heavy atom. The SMILES string of the molecule is COc1ccc(OCCNC(=O)CCNc2ccccc2[N+](=O)[O-])cc1. The first-order chi connectivity index (χ1) is 12.6. The highest BCUT2D eigenvalue weighted by molar-refractivity contribution is 5.76. The van der Waals surface area contributed by atoms with Crippen molar-refractivity contribution in [2.45, 2.75) is 6.42 Å². The molecule has 2 aromatic carbocycles. The highest BCUT2D eigenvalue weighted by Gasteiger charge is 2.11. The molecule has 0 aliphatic carbocycles. The maximum atomic E-state index is 11.8. The number of ether oxygens (including phenoxy) is 2. The minimum Gasteiger partial charge on any atom is -0.497 e. The quantitative estimate of drug-likeness (QED) is 0.384. The van der Waals surface area contributed by atoms with Crippen LogP contribution in [-0.4, -0.2) is 37.6 Å². The van der Waals surface area contributed by atoms with Gasteiger partial charge in [-0.3, -0.25) is 14.9 Å². The summed E-state index contributed by atoms with van der Waals surface area (Å²) < 4.78 is 10.6. The van der Waals surface area contributed by atoms with Gasteiger partial charge in [-0.15, -0.1) is 0 Å². The average Bonchev–Trinajstić information content (AvgIpc) is 2.66. The van der Waals surface area contributed by atoms with Gasteiger partial charge in [0.1, 0.15) is 23.8 Å². The van der Waals surface area contributed by atoms with Crippen LogP contribution in [0.2, 0.25) is 0 Å². The first-order valence-electron chi connectivity index (χ1n) is 8.11. The summed E-state index contributed by atoms with van der Waals surface area (Å²) in [5, 5.41) is 16.6. The monoisotopic (exact) mass is 359 g/mol. The van der Waals surface area contributed by atoms with Gasteiger partial charge in [0.2, 0.25) is 5.91 Å². The van der Waals surface area contributed by atoms with Gasteiger partial charge in [0, 0.05) is 19.0 Å². The third kappa shape index (κ3) is 5.97. The Balaban J connectivity index is 1.64. The highest BCUT2D eigenvalue weighted by atomic mass is 16.6. The minimum atomic E-state index is -0.459. The van der Waals surface area contributed by atoms with Crippen LogP contribution >= 0.6 is 0 Å². The van der Waals surface area contributed by atoms with E-state index in [1.807, 2.05) is 0 Å². The van der Waals surface area contributed by atoms with Gasteiger partial charge in [0.25, 0.3) is 5.69 Å². The van der Waals surface area contributed by atoms with Gasteiger partial charge >= 0.3 is 0 Å². The molecule has 0 saturated heterocycles. The molecule has 0 aliphatic rings. The molecule has 8 nitrogen and oxygen atoms in total. The van der Waals surface area contributed by atoms with E-state index in [4.69, 9.17) is 9.47 Å². The van der Waals surface area contributed by atoms with Gasteiger partial charge in [-0.1, -0.05) is 12.1 Å². The van der Waals surface area contributed by atoms with Crippen LogP contribution in [0.5, 0.6) is 11.5 Å². The van der Waals surface area contributed by atoms with Crippen LogP contribution in [0.15, 0.2) is 48.5 Å². The molecule has 0 atom stereocenters. The van der Waals surface area contributed by atoms with Crippen molar-refractivity contribution in [3.05, 3.63) is 58.6 Å². The molecular formula is C18H21N3O5. The van der Waals surface area contributed by atoms with Crippen molar-refractivity contribution >= 4 is 17.3 Å². The van der Waals surface area contributed by atoms with Crippen LogP contribution < -0.4 is 20.1 Å². The van der Waals surface area contributed by atoms with Crippen LogP contribution in [0.1, 0.15) is 6.42 Å². The van der Waals surface area contributed by atoms with Crippen LogP contribution in [0, 0.1) is 10.1 Å². The number of nitro benzene ring substituents is 1. The lowest BCUT2D eigenvalue weighted by molar-refractivity contribution is -0.384. The number of rotatable bonds is 10. The Hall–Kier alpha value is -3.29. The topological polar surface area (TPSA) is 103 Å². The number of hydrogen-bond acceptors (Lipinski definition) is 6. The van der Waals surface area contributed by atoms with E-state index in [-0.39, 0.29) is 18.0 Å². The fraction of sp³-hybridized carbons (Fsp3) is 0.278. The van der Waals surface area contributed by atoms with Crippen LogP contribution in [0.4, 0.5) is 11.4 Å². The Morgan fingerprint density at radius 2 is 1.77 bits per heavy atom. The predicted molar refractivity (Wildman–Crippen MR) is 97.7 cm³/mol. The number of nitrogens with one attached hydrogen (secondary N) is 2. The first-order valence-corrected chi connectivity index (χ1v) is 8.11. The molecule has 0 unspecified atom stereocenters. The number of nitrogens with zero attached hydrogens (tertiary/aromatic N) is 1. The van der Waals surface area contributed by atoms with Crippen molar-refractivity contribution in [2.24, 2.45) is 0 Å². The number of hydrogen-bond donors (Lipinski definition) is 2. The fourth-order valence-electron chi connectivity index (χ4n) is 2.21. The molecule has 26 heavy (non-hydrogen) atoms. The summed E-state index contributed by atoms with van der Waals surface area (Å²) in [6, 6.07) is 13.5. The molecule has 0 bridgehead atoms. The van der Waals surface area contributed by atoms with Gasteiger partial charge in [0.05, 0.1) is 18.6 Å². The Morgan fingerprint density at radius 3 is 2.46 bits per heavy atom. The van der Waals surface area contributed by atoms with E-state index >= 15 is 0 Å². The number of anilines is 1. The summed E-state index contributed by atoms with van der Waals surface area (Å²) in [6.45, 7) is 1.02. The normalized spacial score (nSPS) is 10.0. The number of carbonyl (C=O) groups excluding carboxylic acids is 1. The Kier molecular flexibility index (Phi) is 7.23. The maximum Gasteiger partial charge on any atom is 0.292 e. The molecule has 1 amide bonds. The highest BCUT2D eigenvalue weighted by Crippen LogP contribution is 2.22. The summed E-state index contributed by atoms with van der Waals surface area (Å²) in [6.07, 6.45) is 0.203. The van der Waals surface area contributed by atoms with E-state index in [9.17, 15) is 14.9 Å². The number of para-hydroxylation sites is 2. The smallest absolute Gasteiger partial charge is 0.292 e. The summed E-state index contributed by atoms with van der Waals surface area (Å²) in [5.74, 6) is 1.28. The molecule has 2 N–H and O–H groups in total. The van der Waals surface area contributed by atoms with E-state index in [0.717, 1.165) is 5.75 Å². The molecule has 8 heteroatoms. The number of benzene rings is 2. The van der Waals surface area contributed by atoms with E-state index < -0.39 is 4.92 Å². The summed E-state index contributed by atoms with van der Waals surface area (Å²) in [5.41, 5.74) is 0.383. The van der Waals surface area contributed by atoms with E-state index in [2.05, 4.69) is 10.6 Å². The molecule has 0 aromatic heterocycles. The lowest BCUT2D eigenvalue weighted by Gasteiger charge is -2.09. The van der Waals surface area contributed by atoms with Gasteiger partial charge < -0.3 is 20.1 Å². The number of nitro groups is 1. The first kappa shape index (κ1) is 19.0. The zero-order valence-electron chi connectivity index (χ0n) is 14.4. The maximum absolute atomic E-state index is 11.8. The molecule has 0 fully saturated rings. The Bertz CT molecular complexity index is 734. The molecule has 2 aromatic rings. The number of amides is 1. The van der Waals surface area contributed by atoms with Crippen molar-refractivity contribution < 1.29 is 19.2 Å². The van der Waals surface area contributed by atoms with E-state index in [1.165, 1.54) is 6.07 Å². The molecule has 0 spiro atoms. The molecule has 0 heterocycles. The van der Waals surface area contributed by atoms with Crippen LogP contribution in [0.3, 0.4) is 0 Å². The van der Waals surface area contributed by atoms with Gasteiger partial charge in [0.15, 0.2) is 0 Å². The molecule has 0 saturated carbocycles. The lowest BCUT2D eigenvalue weighted by atomic mass is 10.2. The standard InChI is InChI=1S/C18H21N3O5/c1-25-14-6-8-15(9-7-14)26-13-12-20-18(22)10-11-19-16-4-2-3-5-17(16)21(23)24/h2-9,19H,10-13H2,1H3,(H,20,22). The fourth-order valence-corrected chi connectivity index (χ4v) is 2.21. The molecule has 138 valence electrons. The van der Waals surface area contributed by atoms with Crippen LogP contribution in [0.25, 0.3) is 0 Å². The largest absolute Gasteiger partial charge is 0.497 e. The van der Waals surface area contributed by atoms with Gasteiger partial charge in [-0.25, -0.2) is 0 Å². The van der Waals surface area contributed by atoms with Crippen LogP contribution in [-0.2, 0) is 4.79 Å². The third-order valence-corrected chi connectivity index (χ3v) is 3.52. The minimum absolute atomic E-state index is 0.0131. The predicted octanol–water partition coefficient (Wildman–Crippen LogP) is 2.60. The summed E-state index contributed by atoms with van der Waals surface area (Å²) in [7, 11) is 1.59. The lowest BCUT2D eigenvalue weighted by Crippen LogP contribution is -2.29. The second-order valence-corrected chi connectivity index (χ2v) is 5.32. The van der Waals surface area contributed by atoms with E-state index in [1.54, 1.807) is 49.6 Å². The zero-order chi connectivity index (χ0) is 18.8. The summed E-state index contributed by atoms with van der Waals surface area (Å²) >= 11 is 0.